The molecule has 176 valence electrons. The molecule has 33 heavy (non-hydrogen) atoms. The maximum atomic E-state index is 15.3. The first-order valence-corrected chi connectivity index (χ1v) is 12.2. The normalized spacial score (nSPS) is 24.9. The number of ether oxygens (including phenoxy) is 1. The third-order valence-corrected chi connectivity index (χ3v) is 7.54. The molecular weight excluding hydrogens is 443 g/mol. The van der Waals surface area contributed by atoms with Gasteiger partial charge in [0.1, 0.15) is 11.5 Å². The molecule has 2 aromatic rings. The first kappa shape index (κ1) is 22.7. The molecular formula is C25H30ClFN4O2. The van der Waals surface area contributed by atoms with E-state index in [0.717, 1.165) is 24.1 Å². The Morgan fingerprint density at radius 2 is 1.97 bits per heavy atom. The van der Waals surface area contributed by atoms with Gasteiger partial charge < -0.3 is 15.2 Å². The summed E-state index contributed by atoms with van der Waals surface area (Å²) in [5.74, 6) is 0.401. The molecule has 8 heteroatoms. The lowest BCUT2D eigenvalue weighted by Gasteiger charge is -2.31. The van der Waals surface area contributed by atoms with Gasteiger partial charge in [0.05, 0.1) is 35.7 Å². The molecule has 2 N–H and O–H groups in total. The van der Waals surface area contributed by atoms with E-state index in [0.29, 0.717) is 46.9 Å². The molecule has 1 saturated heterocycles. The maximum Gasteiger partial charge on any atom is 0.223 e. The van der Waals surface area contributed by atoms with E-state index < -0.39 is 6.10 Å². The predicted molar refractivity (Wildman–Crippen MR) is 128 cm³/mol. The smallest absolute Gasteiger partial charge is 0.223 e. The predicted octanol–water partition coefficient (Wildman–Crippen LogP) is 5.44. The number of aliphatic imine (C=N–C) groups is 1. The number of rotatable bonds is 4. The summed E-state index contributed by atoms with van der Waals surface area (Å²) >= 11 is 6.45. The van der Waals surface area contributed by atoms with Gasteiger partial charge in [-0.1, -0.05) is 44.7 Å². The zero-order valence-corrected chi connectivity index (χ0v) is 19.8. The van der Waals surface area contributed by atoms with Gasteiger partial charge in [-0.2, -0.15) is 0 Å². The Hall–Kier alpha value is -2.09. The van der Waals surface area contributed by atoms with Crippen LogP contribution in [0.3, 0.4) is 0 Å². The third kappa shape index (κ3) is 4.27. The molecule has 2 atom stereocenters. The highest BCUT2D eigenvalue weighted by molar-refractivity contribution is 6.33. The number of hydrogen-bond donors (Lipinski definition) is 2. The molecule has 0 bridgehead atoms. The van der Waals surface area contributed by atoms with Gasteiger partial charge in [-0.3, -0.25) is 4.99 Å². The van der Waals surface area contributed by atoms with E-state index in [1.807, 2.05) is 6.07 Å². The fraction of sp³-hybridized carbons (Fsp3) is 0.560. The van der Waals surface area contributed by atoms with Crippen LogP contribution in [0.25, 0.3) is 11.3 Å². The Labute approximate surface area is 198 Å². The van der Waals surface area contributed by atoms with Gasteiger partial charge in [0.15, 0.2) is 0 Å². The molecule has 5 rings (SSSR count). The first-order chi connectivity index (χ1) is 15.8. The quantitative estimate of drug-likeness (QED) is 0.619. The lowest BCUT2D eigenvalue weighted by Crippen LogP contribution is -2.42. The number of anilines is 1. The van der Waals surface area contributed by atoms with Gasteiger partial charge in [-0.25, -0.2) is 14.4 Å². The molecule has 0 amide bonds. The average molecular weight is 473 g/mol. The Bertz CT molecular complexity index is 1080. The van der Waals surface area contributed by atoms with Crippen LogP contribution in [0, 0.1) is 11.7 Å². The molecule has 1 saturated carbocycles. The molecule has 0 spiro atoms. The summed E-state index contributed by atoms with van der Waals surface area (Å²) in [7, 11) is 0. The van der Waals surface area contributed by atoms with Crippen LogP contribution >= 0.6 is 11.6 Å². The number of aliphatic hydroxyl groups is 1. The van der Waals surface area contributed by atoms with Crippen molar-refractivity contribution in [1.29, 1.82) is 0 Å². The van der Waals surface area contributed by atoms with Crippen molar-refractivity contribution < 1.29 is 14.2 Å². The SMILES string of the molecule is CC1(C)C(C2CCCCC2)=Nc2c(F)cc(-c3nc(NC4CCOCC4O)ncc3Cl)cc21. The van der Waals surface area contributed by atoms with Crippen molar-refractivity contribution in [3.8, 4) is 11.3 Å². The van der Waals surface area contributed by atoms with Gasteiger partial charge in [0.2, 0.25) is 5.95 Å². The van der Waals surface area contributed by atoms with Crippen LogP contribution in [0.15, 0.2) is 23.3 Å². The second-order valence-electron chi connectivity index (χ2n) is 9.88. The van der Waals surface area contributed by atoms with Gasteiger partial charge in [0.25, 0.3) is 0 Å². The zero-order chi connectivity index (χ0) is 23.2. The molecule has 2 fully saturated rings. The molecule has 2 aliphatic heterocycles. The second kappa shape index (κ2) is 8.93. The van der Waals surface area contributed by atoms with E-state index in [2.05, 4.69) is 29.1 Å². The van der Waals surface area contributed by atoms with Crippen molar-refractivity contribution in [1.82, 2.24) is 9.97 Å². The van der Waals surface area contributed by atoms with Gasteiger partial charge in [-0.15, -0.1) is 0 Å². The second-order valence-corrected chi connectivity index (χ2v) is 10.3. The number of aromatic nitrogens is 2. The molecule has 6 nitrogen and oxygen atoms in total. The van der Waals surface area contributed by atoms with E-state index in [1.54, 1.807) is 0 Å². The van der Waals surface area contributed by atoms with Crippen molar-refractivity contribution in [3.63, 3.8) is 0 Å². The van der Waals surface area contributed by atoms with Crippen molar-refractivity contribution in [3.05, 3.63) is 34.7 Å². The van der Waals surface area contributed by atoms with Crippen LogP contribution in [-0.2, 0) is 10.2 Å². The van der Waals surface area contributed by atoms with Gasteiger partial charge >= 0.3 is 0 Å². The Morgan fingerprint density at radius 3 is 2.73 bits per heavy atom. The number of hydrogen-bond acceptors (Lipinski definition) is 6. The fourth-order valence-electron chi connectivity index (χ4n) is 5.40. The third-order valence-electron chi connectivity index (χ3n) is 7.26. The molecule has 0 radical (unpaired) electrons. The monoisotopic (exact) mass is 472 g/mol. The number of aliphatic hydroxyl groups excluding tert-OH is 1. The summed E-state index contributed by atoms with van der Waals surface area (Å²) in [5, 5.41) is 13.7. The molecule has 1 aromatic heterocycles. The highest BCUT2D eigenvalue weighted by Gasteiger charge is 2.40. The minimum atomic E-state index is -0.643. The lowest BCUT2D eigenvalue weighted by molar-refractivity contribution is -0.0136. The van der Waals surface area contributed by atoms with Crippen molar-refractivity contribution >= 4 is 28.9 Å². The van der Waals surface area contributed by atoms with Crippen molar-refractivity contribution in [2.24, 2.45) is 10.9 Å². The van der Waals surface area contributed by atoms with E-state index in [4.69, 9.17) is 21.3 Å². The van der Waals surface area contributed by atoms with Gasteiger partial charge in [0, 0.05) is 23.3 Å². The Morgan fingerprint density at radius 1 is 1.18 bits per heavy atom. The maximum absolute atomic E-state index is 15.3. The summed E-state index contributed by atoms with van der Waals surface area (Å²) in [6.45, 7) is 5.10. The zero-order valence-electron chi connectivity index (χ0n) is 19.1. The summed E-state index contributed by atoms with van der Waals surface area (Å²) in [6, 6.07) is 3.22. The molecule has 1 aromatic carbocycles. The van der Waals surface area contributed by atoms with Crippen LogP contribution in [0.1, 0.15) is 57.9 Å². The number of nitrogens with zero attached hydrogens (tertiary/aromatic N) is 3. The van der Waals surface area contributed by atoms with E-state index in [9.17, 15) is 5.11 Å². The lowest BCUT2D eigenvalue weighted by atomic mass is 9.72. The van der Waals surface area contributed by atoms with Crippen LogP contribution in [0.4, 0.5) is 16.0 Å². The number of halogens is 2. The number of fused-ring (bicyclic) bond motifs is 1. The summed E-state index contributed by atoms with van der Waals surface area (Å²) in [6.07, 6.45) is 7.43. The van der Waals surface area contributed by atoms with E-state index in [-0.39, 0.29) is 23.9 Å². The molecule has 2 unspecified atom stereocenters. The fourth-order valence-corrected chi connectivity index (χ4v) is 5.60. The summed E-state index contributed by atoms with van der Waals surface area (Å²) in [4.78, 5) is 13.7. The minimum Gasteiger partial charge on any atom is -0.389 e. The number of nitrogens with one attached hydrogen (secondary N) is 1. The van der Waals surface area contributed by atoms with Crippen molar-refractivity contribution in [2.75, 3.05) is 18.5 Å². The van der Waals surface area contributed by atoms with Crippen LogP contribution in [-0.4, -0.2) is 46.1 Å². The average Bonchev–Trinajstić information content (AvgIpc) is 3.08. The highest BCUT2D eigenvalue weighted by Crippen LogP contribution is 2.47. The topological polar surface area (TPSA) is 79.6 Å². The van der Waals surface area contributed by atoms with Crippen molar-refractivity contribution in [2.45, 2.75) is 69.9 Å². The largest absolute Gasteiger partial charge is 0.389 e. The van der Waals surface area contributed by atoms with Crippen LogP contribution < -0.4 is 5.32 Å². The van der Waals surface area contributed by atoms with E-state index >= 15 is 4.39 Å². The molecule has 1 aliphatic carbocycles. The van der Waals surface area contributed by atoms with Crippen LogP contribution in [0.5, 0.6) is 0 Å². The Kier molecular flexibility index (Phi) is 6.14. The summed E-state index contributed by atoms with van der Waals surface area (Å²) in [5.41, 5.74) is 3.13. The van der Waals surface area contributed by atoms with Gasteiger partial charge in [-0.05, 0) is 42.9 Å². The first-order valence-electron chi connectivity index (χ1n) is 11.8. The van der Waals surface area contributed by atoms with Crippen LogP contribution in [0.2, 0.25) is 5.02 Å². The minimum absolute atomic E-state index is 0.213. The number of benzene rings is 1. The highest BCUT2D eigenvalue weighted by atomic mass is 35.5. The molecule has 3 heterocycles. The molecule has 3 aliphatic rings. The standard InChI is InChI=1S/C25H30ClFN4O2/c1-25(2)16-10-15(11-18(27)22(16)30-23(25)14-6-4-3-5-7-14)21-17(26)12-28-24(31-21)29-19-8-9-33-13-20(19)32/h10-12,14,19-20,32H,3-9,13H2,1-2H3,(H,28,29,31). The Balaban J connectivity index is 1.47. The van der Waals surface area contributed by atoms with E-state index in [1.165, 1.54) is 31.5 Å². The summed E-state index contributed by atoms with van der Waals surface area (Å²) < 4.78 is 20.6.